The van der Waals surface area contributed by atoms with Crippen LogP contribution in [0.5, 0.6) is 0 Å². The molecule has 2 aromatic heterocycles. The van der Waals surface area contributed by atoms with Gasteiger partial charge in [0.15, 0.2) is 0 Å². The van der Waals surface area contributed by atoms with Gasteiger partial charge >= 0.3 is 12.0 Å². The second-order valence-electron chi connectivity index (χ2n) is 7.22. The minimum absolute atomic E-state index is 0.0774. The predicted molar refractivity (Wildman–Crippen MR) is 91.1 cm³/mol. The van der Waals surface area contributed by atoms with E-state index >= 15 is 0 Å². The Kier molecular flexibility index (Phi) is 3.67. The Labute approximate surface area is 145 Å². The molecule has 2 atom stereocenters. The summed E-state index contributed by atoms with van der Waals surface area (Å²) < 4.78 is 1.99. The number of rotatable bonds is 3. The fraction of sp³-hybridized carbons (Fsp3) is 0.500. The molecule has 0 unspecified atom stereocenters. The minimum Gasteiger partial charge on any atom is -0.481 e. The van der Waals surface area contributed by atoms with Crippen molar-refractivity contribution in [3.05, 3.63) is 35.8 Å². The molecule has 2 aromatic rings. The van der Waals surface area contributed by atoms with Crippen molar-refractivity contribution in [2.45, 2.75) is 32.7 Å². The number of amides is 2. The Hall–Kier alpha value is -2.57. The summed E-state index contributed by atoms with van der Waals surface area (Å²) in [6, 6.07) is 5.68. The third-order valence-electron chi connectivity index (χ3n) is 5.75. The number of urea groups is 1. The summed E-state index contributed by atoms with van der Waals surface area (Å²) in [5, 5.41) is 12.5. The third-order valence-corrected chi connectivity index (χ3v) is 5.75. The molecule has 2 N–H and O–H groups in total. The van der Waals surface area contributed by atoms with Gasteiger partial charge in [-0.2, -0.15) is 0 Å². The van der Waals surface area contributed by atoms with E-state index in [9.17, 15) is 14.7 Å². The number of nitrogens with one attached hydrogen (secondary N) is 1. The van der Waals surface area contributed by atoms with Gasteiger partial charge in [0.2, 0.25) is 0 Å². The summed E-state index contributed by atoms with van der Waals surface area (Å²) in [6.45, 7) is 3.18. The molecule has 0 bridgehead atoms. The number of carboxylic acids is 1. The molecule has 132 valence electrons. The smallest absolute Gasteiger partial charge is 0.317 e. The number of nitrogens with zero attached hydrogens (tertiary/aromatic N) is 3. The van der Waals surface area contributed by atoms with E-state index in [2.05, 4.69) is 10.3 Å². The average molecular weight is 342 g/mol. The molecular formula is C18H22N4O3. The molecule has 0 spiro atoms. The Morgan fingerprint density at radius 2 is 2.28 bits per heavy atom. The lowest BCUT2D eigenvalue weighted by Crippen LogP contribution is -2.41. The molecule has 7 heteroatoms. The molecular weight excluding hydrogens is 320 g/mol. The molecule has 1 saturated carbocycles. The molecule has 0 aromatic carbocycles. The van der Waals surface area contributed by atoms with Crippen LogP contribution in [0.2, 0.25) is 0 Å². The van der Waals surface area contributed by atoms with Crippen LogP contribution in [-0.4, -0.2) is 44.5 Å². The summed E-state index contributed by atoms with van der Waals surface area (Å²) in [4.78, 5) is 30.4. The first-order chi connectivity index (χ1) is 12.0. The van der Waals surface area contributed by atoms with Crippen LogP contribution in [0.1, 0.15) is 30.7 Å². The summed E-state index contributed by atoms with van der Waals surface area (Å²) in [7, 11) is 0. The van der Waals surface area contributed by atoms with Crippen molar-refractivity contribution in [1.82, 2.24) is 19.6 Å². The van der Waals surface area contributed by atoms with Crippen LogP contribution < -0.4 is 5.32 Å². The van der Waals surface area contributed by atoms with Gasteiger partial charge < -0.3 is 19.7 Å². The maximum atomic E-state index is 12.5. The largest absolute Gasteiger partial charge is 0.481 e. The highest BCUT2D eigenvalue weighted by Gasteiger charge is 2.55. The molecule has 7 nitrogen and oxygen atoms in total. The number of imidazole rings is 1. The number of carboxylic acid groups (broad SMARTS) is 1. The predicted octanol–water partition coefficient (Wildman–Crippen LogP) is 2.04. The van der Waals surface area contributed by atoms with E-state index in [0.717, 1.165) is 29.9 Å². The van der Waals surface area contributed by atoms with Gasteiger partial charge in [0.05, 0.1) is 17.7 Å². The molecule has 0 radical (unpaired) electrons. The number of fused-ring (bicyclic) bond motifs is 2. The lowest BCUT2D eigenvalue weighted by atomic mass is 9.81. The average Bonchev–Trinajstić information content (AvgIpc) is 3.24. The van der Waals surface area contributed by atoms with Crippen molar-refractivity contribution >= 4 is 17.6 Å². The SMILES string of the molecule is Cc1cccc2nc(CNC(=O)N3C[C@@H]4CCC[C@@]4(C(=O)O)C3)cn12. The first-order valence-corrected chi connectivity index (χ1v) is 8.69. The molecule has 4 rings (SSSR count). The van der Waals surface area contributed by atoms with E-state index in [4.69, 9.17) is 0 Å². The van der Waals surface area contributed by atoms with Crippen molar-refractivity contribution < 1.29 is 14.7 Å². The second kappa shape index (κ2) is 5.75. The van der Waals surface area contributed by atoms with E-state index in [-0.39, 0.29) is 11.9 Å². The number of aromatic nitrogens is 2. The molecule has 2 amide bonds. The van der Waals surface area contributed by atoms with Gasteiger partial charge in [0, 0.05) is 25.0 Å². The van der Waals surface area contributed by atoms with E-state index in [0.29, 0.717) is 26.1 Å². The van der Waals surface area contributed by atoms with E-state index < -0.39 is 11.4 Å². The number of pyridine rings is 1. The molecule has 2 fully saturated rings. The van der Waals surface area contributed by atoms with E-state index in [1.165, 1.54) is 0 Å². The maximum Gasteiger partial charge on any atom is 0.317 e. The number of aryl methyl sites for hydroxylation is 1. The van der Waals surface area contributed by atoms with Gasteiger partial charge in [-0.3, -0.25) is 4.79 Å². The summed E-state index contributed by atoms with van der Waals surface area (Å²) >= 11 is 0. The Morgan fingerprint density at radius 3 is 3.00 bits per heavy atom. The van der Waals surface area contributed by atoms with Crippen molar-refractivity contribution in [2.24, 2.45) is 11.3 Å². The summed E-state index contributed by atoms with van der Waals surface area (Å²) in [6.07, 6.45) is 4.42. The summed E-state index contributed by atoms with van der Waals surface area (Å²) in [5.74, 6) is -0.685. The second-order valence-corrected chi connectivity index (χ2v) is 7.22. The number of hydrogen-bond donors (Lipinski definition) is 2. The zero-order valence-corrected chi connectivity index (χ0v) is 14.2. The highest BCUT2D eigenvalue weighted by Crippen LogP contribution is 2.48. The molecule has 25 heavy (non-hydrogen) atoms. The van der Waals surface area contributed by atoms with Gasteiger partial charge in [0.25, 0.3) is 0 Å². The fourth-order valence-electron chi connectivity index (χ4n) is 4.36. The van der Waals surface area contributed by atoms with Crippen molar-refractivity contribution in [2.75, 3.05) is 13.1 Å². The Bertz CT molecular complexity index is 846. The van der Waals surface area contributed by atoms with Crippen LogP contribution in [0, 0.1) is 18.3 Å². The van der Waals surface area contributed by atoms with E-state index in [1.54, 1.807) is 4.90 Å². The third kappa shape index (κ3) is 2.54. The first kappa shape index (κ1) is 15.9. The lowest BCUT2D eigenvalue weighted by Gasteiger charge is -2.23. The van der Waals surface area contributed by atoms with Crippen LogP contribution in [0.15, 0.2) is 24.4 Å². The minimum atomic E-state index is -0.763. The molecule has 2 aliphatic rings. The van der Waals surface area contributed by atoms with Crippen molar-refractivity contribution in [1.29, 1.82) is 0 Å². The molecule has 3 heterocycles. The van der Waals surface area contributed by atoms with Crippen molar-refractivity contribution in [3.8, 4) is 0 Å². The number of likely N-dealkylation sites (tertiary alicyclic amines) is 1. The highest BCUT2D eigenvalue weighted by molar-refractivity contribution is 5.80. The van der Waals surface area contributed by atoms with Crippen LogP contribution in [0.3, 0.4) is 0 Å². The zero-order chi connectivity index (χ0) is 17.6. The monoisotopic (exact) mass is 342 g/mol. The van der Waals surface area contributed by atoms with Crippen LogP contribution >= 0.6 is 0 Å². The quantitative estimate of drug-likeness (QED) is 0.894. The van der Waals surface area contributed by atoms with Crippen LogP contribution in [-0.2, 0) is 11.3 Å². The van der Waals surface area contributed by atoms with Gasteiger partial charge in [-0.1, -0.05) is 12.5 Å². The number of carbonyl (C=O) groups is 2. The van der Waals surface area contributed by atoms with Crippen LogP contribution in [0.25, 0.3) is 5.65 Å². The summed E-state index contributed by atoms with van der Waals surface area (Å²) in [5.41, 5.74) is 1.98. The number of carbonyl (C=O) groups excluding carboxylic acids is 1. The highest BCUT2D eigenvalue weighted by atomic mass is 16.4. The Morgan fingerprint density at radius 1 is 1.44 bits per heavy atom. The Balaban J connectivity index is 1.42. The van der Waals surface area contributed by atoms with E-state index in [1.807, 2.05) is 35.7 Å². The van der Waals surface area contributed by atoms with Crippen LogP contribution in [0.4, 0.5) is 4.79 Å². The fourth-order valence-corrected chi connectivity index (χ4v) is 4.36. The van der Waals surface area contributed by atoms with Gasteiger partial charge in [-0.25, -0.2) is 9.78 Å². The number of aliphatic carboxylic acids is 1. The van der Waals surface area contributed by atoms with Gasteiger partial charge in [-0.15, -0.1) is 0 Å². The first-order valence-electron chi connectivity index (χ1n) is 8.69. The topological polar surface area (TPSA) is 86.9 Å². The molecule has 1 saturated heterocycles. The molecule has 1 aliphatic heterocycles. The lowest BCUT2D eigenvalue weighted by molar-refractivity contribution is -0.149. The normalized spacial score (nSPS) is 25.3. The molecule has 1 aliphatic carbocycles. The maximum absolute atomic E-state index is 12.5. The van der Waals surface area contributed by atoms with Gasteiger partial charge in [-0.05, 0) is 37.8 Å². The van der Waals surface area contributed by atoms with Crippen molar-refractivity contribution in [3.63, 3.8) is 0 Å². The standard InChI is InChI=1S/C18H22N4O3/c1-12-4-2-6-15-20-14(10-22(12)15)8-19-17(25)21-9-13-5-3-7-18(13,11-21)16(23)24/h2,4,6,10,13H,3,5,7-9,11H2,1H3,(H,19,25)(H,23,24)/t13-,18+/m0/s1. The zero-order valence-electron chi connectivity index (χ0n) is 14.2. The van der Waals surface area contributed by atoms with Gasteiger partial charge in [0.1, 0.15) is 5.65 Å². The number of hydrogen-bond acceptors (Lipinski definition) is 3.